The smallest absolute Gasteiger partial charge is 0.213 e. The van der Waals surface area contributed by atoms with Crippen LogP contribution in [-0.2, 0) is 4.74 Å². The molecule has 0 saturated carbocycles. The Morgan fingerprint density at radius 3 is 2.67 bits per heavy atom. The summed E-state index contributed by atoms with van der Waals surface area (Å²) in [4.78, 5) is 3.49. The summed E-state index contributed by atoms with van der Waals surface area (Å²) in [5.41, 5.74) is -0.201. The van der Waals surface area contributed by atoms with E-state index >= 15 is 0 Å². The molecule has 1 aromatic rings. The van der Waals surface area contributed by atoms with E-state index in [1.807, 2.05) is 13.8 Å². The molecule has 1 aromatic heterocycles. The van der Waals surface area contributed by atoms with Crippen LogP contribution >= 0.6 is 0 Å². The van der Waals surface area contributed by atoms with Crippen molar-refractivity contribution in [3.05, 3.63) is 24.3 Å². The minimum atomic E-state index is -0.500. The second-order valence-electron chi connectivity index (χ2n) is 3.88. The Morgan fingerprint density at radius 2 is 2.13 bits per heavy atom. The molecule has 4 heteroatoms. The lowest BCUT2D eigenvalue weighted by atomic mass is 10.1. The van der Waals surface area contributed by atoms with Crippen LogP contribution in [0.3, 0.4) is 0 Å². The van der Waals surface area contributed by atoms with Crippen molar-refractivity contribution in [1.82, 2.24) is 4.98 Å². The minimum absolute atomic E-state index is 0.201. The van der Waals surface area contributed by atoms with E-state index in [4.69, 9.17) is 9.47 Å². The molecule has 0 fully saturated rings. The third-order valence-corrected chi connectivity index (χ3v) is 2.23. The standard InChI is InChI=1S/C11H16FNO2/c1-11(2,14-3)6-7-15-9-4-5-10(12)13-8-9/h4-5,8H,6-7H2,1-3H3. The molecule has 0 amide bonds. The Labute approximate surface area is 89.2 Å². The molecule has 0 aliphatic carbocycles. The predicted octanol–water partition coefficient (Wildman–Crippen LogP) is 2.41. The molecular weight excluding hydrogens is 197 g/mol. The number of ether oxygens (including phenoxy) is 2. The maximum Gasteiger partial charge on any atom is 0.213 e. The Balaban J connectivity index is 2.35. The zero-order valence-corrected chi connectivity index (χ0v) is 9.29. The van der Waals surface area contributed by atoms with Crippen LogP contribution in [0.1, 0.15) is 20.3 Å². The highest BCUT2D eigenvalue weighted by molar-refractivity contribution is 5.15. The molecule has 0 unspecified atom stereocenters. The third-order valence-electron chi connectivity index (χ3n) is 2.23. The maximum absolute atomic E-state index is 12.5. The molecule has 1 heterocycles. The topological polar surface area (TPSA) is 31.4 Å². The van der Waals surface area contributed by atoms with Crippen LogP contribution < -0.4 is 4.74 Å². The summed E-state index contributed by atoms with van der Waals surface area (Å²) in [6.07, 6.45) is 2.13. The van der Waals surface area contributed by atoms with Crippen LogP contribution in [0, 0.1) is 5.95 Å². The van der Waals surface area contributed by atoms with Crippen molar-refractivity contribution >= 4 is 0 Å². The summed E-state index contributed by atoms with van der Waals surface area (Å²) < 4.78 is 23.1. The van der Waals surface area contributed by atoms with Gasteiger partial charge in [0.05, 0.1) is 18.4 Å². The molecule has 0 radical (unpaired) electrons. The first kappa shape index (κ1) is 11.9. The largest absolute Gasteiger partial charge is 0.492 e. The fraction of sp³-hybridized carbons (Fsp3) is 0.545. The quantitative estimate of drug-likeness (QED) is 0.704. The highest BCUT2D eigenvalue weighted by Crippen LogP contribution is 2.14. The number of halogens is 1. The van der Waals surface area contributed by atoms with Gasteiger partial charge in [0.15, 0.2) is 0 Å². The summed E-state index contributed by atoms with van der Waals surface area (Å²) in [7, 11) is 1.67. The molecule has 0 atom stereocenters. The Kier molecular flexibility index (Phi) is 4.03. The van der Waals surface area contributed by atoms with Gasteiger partial charge in [0.1, 0.15) is 5.75 Å². The number of aromatic nitrogens is 1. The van der Waals surface area contributed by atoms with Crippen molar-refractivity contribution in [2.24, 2.45) is 0 Å². The highest BCUT2D eigenvalue weighted by Gasteiger charge is 2.15. The molecule has 0 N–H and O–H groups in total. The fourth-order valence-electron chi connectivity index (χ4n) is 0.964. The van der Waals surface area contributed by atoms with Gasteiger partial charge in [0.2, 0.25) is 5.95 Å². The molecule has 0 spiro atoms. The van der Waals surface area contributed by atoms with Gasteiger partial charge in [-0.15, -0.1) is 0 Å². The Bertz CT molecular complexity index is 298. The number of nitrogens with zero attached hydrogens (tertiary/aromatic N) is 1. The van der Waals surface area contributed by atoms with Crippen molar-refractivity contribution in [3.63, 3.8) is 0 Å². The van der Waals surface area contributed by atoms with E-state index in [1.54, 1.807) is 13.2 Å². The number of pyridine rings is 1. The second kappa shape index (κ2) is 5.07. The van der Waals surface area contributed by atoms with Gasteiger partial charge in [-0.1, -0.05) is 0 Å². The van der Waals surface area contributed by atoms with Crippen molar-refractivity contribution in [3.8, 4) is 5.75 Å². The SMILES string of the molecule is COC(C)(C)CCOc1ccc(F)nc1. The highest BCUT2D eigenvalue weighted by atomic mass is 19.1. The zero-order chi connectivity index (χ0) is 11.3. The molecule has 1 rings (SSSR count). The van der Waals surface area contributed by atoms with Crippen molar-refractivity contribution in [2.45, 2.75) is 25.9 Å². The van der Waals surface area contributed by atoms with Gasteiger partial charge in [0.25, 0.3) is 0 Å². The van der Waals surface area contributed by atoms with Gasteiger partial charge in [0, 0.05) is 13.5 Å². The van der Waals surface area contributed by atoms with Crippen LogP contribution in [0.2, 0.25) is 0 Å². The third kappa shape index (κ3) is 4.25. The summed E-state index contributed by atoms with van der Waals surface area (Å²) in [5.74, 6) is 0.0721. The summed E-state index contributed by atoms with van der Waals surface area (Å²) in [6, 6.07) is 2.83. The first-order chi connectivity index (χ1) is 7.03. The second-order valence-corrected chi connectivity index (χ2v) is 3.88. The van der Waals surface area contributed by atoms with Gasteiger partial charge in [-0.25, -0.2) is 4.98 Å². The van der Waals surface area contributed by atoms with Gasteiger partial charge in [-0.05, 0) is 26.0 Å². The summed E-state index contributed by atoms with van der Waals surface area (Å²) >= 11 is 0. The molecule has 0 saturated heterocycles. The monoisotopic (exact) mass is 213 g/mol. The number of methoxy groups -OCH3 is 1. The molecule has 15 heavy (non-hydrogen) atoms. The van der Waals surface area contributed by atoms with Crippen molar-refractivity contribution < 1.29 is 13.9 Å². The Morgan fingerprint density at radius 1 is 1.40 bits per heavy atom. The van der Waals surface area contributed by atoms with Crippen molar-refractivity contribution in [1.29, 1.82) is 0 Å². The molecule has 0 aromatic carbocycles. The van der Waals surface area contributed by atoms with Crippen molar-refractivity contribution in [2.75, 3.05) is 13.7 Å². The Hall–Kier alpha value is -1.16. The van der Waals surface area contributed by atoms with Crippen LogP contribution in [-0.4, -0.2) is 24.3 Å². The average Bonchev–Trinajstić information content (AvgIpc) is 2.21. The van der Waals surface area contributed by atoms with Gasteiger partial charge in [-0.3, -0.25) is 0 Å². The first-order valence-corrected chi connectivity index (χ1v) is 4.83. The molecular formula is C11H16FNO2. The van der Waals surface area contributed by atoms with Crippen LogP contribution in [0.15, 0.2) is 18.3 Å². The molecule has 0 aliphatic rings. The molecule has 84 valence electrons. The van der Waals surface area contributed by atoms with E-state index in [0.717, 1.165) is 6.42 Å². The lowest BCUT2D eigenvalue weighted by Gasteiger charge is -2.22. The first-order valence-electron chi connectivity index (χ1n) is 4.83. The van der Waals surface area contributed by atoms with E-state index in [9.17, 15) is 4.39 Å². The van der Waals surface area contributed by atoms with Gasteiger partial charge in [-0.2, -0.15) is 4.39 Å². The molecule has 0 bridgehead atoms. The van der Waals surface area contributed by atoms with Crippen LogP contribution in [0.5, 0.6) is 5.75 Å². The van der Waals surface area contributed by atoms with E-state index in [2.05, 4.69) is 4.98 Å². The number of hydrogen-bond donors (Lipinski definition) is 0. The minimum Gasteiger partial charge on any atom is -0.492 e. The fourth-order valence-corrected chi connectivity index (χ4v) is 0.964. The zero-order valence-electron chi connectivity index (χ0n) is 9.29. The van der Waals surface area contributed by atoms with E-state index in [1.165, 1.54) is 12.3 Å². The normalized spacial score (nSPS) is 11.5. The predicted molar refractivity (Wildman–Crippen MR) is 55.4 cm³/mol. The number of hydrogen-bond acceptors (Lipinski definition) is 3. The molecule has 3 nitrogen and oxygen atoms in total. The van der Waals surface area contributed by atoms with E-state index < -0.39 is 5.95 Å². The van der Waals surface area contributed by atoms with E-state index in [0.29, 0.717) is 12.4 Å². The maximum atomic E-state index is 12.5. The lowest BCUT2D eigenvalue weighted by Crippen LogP contribution is -2.25. The molecule has 0 aliphatic heterocycles. The number of rotatable bonds is 5. The van der Waals surface area contributed by atoms with Crippen LogP contribution in [0.4, 0.5) is 4.39 Å². The van der Waals surface area contributed by atoms with E-state index in [-0.39, 0.29) is 5.60 Å². The average molecular weight is 213 g/mol. The van der Waals surface area contributed by atoms with Gasteiger partial charge >= 0.3 is 0 Å². The van der Waals surface area contributed by atoms with Crippen LogP contribution in [0.25, 0.3) is 0 Å². The summed E-state index contributed by atoms with van der Waals surface area (Å²) in [6.45, 7) is 4.49. The van der Waals surface area contributed by atoms with Gasteiger partial charge < -0.3 is 9.47 Å². The summed E-state index contributed by atoms with van der Waals surface area (Å²) in [5, 5.41) is 0. The lowest BCUT2D eigenvalue weighted by molar-refractivity contribution is 0.00541.